The lowest BCUT2D eigenvalue weighted by molar-refractivity contribution is 0.153. The average molecular weight is 211 g/mol. The van der Waals surface area contributed by atoms with Gasteiger partial charge in [0, 0.05) is 17.8 Å². The lowest BCUT2D eigenvalue weighted by atomic mass is 9.92. The van der Waals surface area contributed by atoms with Gasteiger partial charge in [0.05, 0.1) is 11.8 Å². The summed E-state index contributed by atoms with van der Waals surface area (Å²) in [5, 5.41) is 9.81. The van der Waals surface area contributed by atoms with Crippen LogP contribution in [0.1, 0.15) is 35.9 Å². The number of H-pyrrole nitrogens is 1. The van der Waals surface area contributed by atoms with Gasteiger partial charge in [0.1, 0.15) is 0 Å². The first-order valence-corrected chi connectivity index (χ1v) is 5.13. The second kappa shape index (κ2) is 3.76. The molecule has 1 aromatic rings. The van der Waals surface area contributed by atoms with E-state index in [9.17, 15) is 5.11 Å². The molecule has 0 fully saturated rings. The monoisotopic (exact) mass is 211 g/mol. The largest absolute Gasteiger partial charge is 0.388 e. The molecule has 0 saturated carbocycles. The number of aryl methyl sites for hydroxylation is 1. The molecule has 0 aromatic carbocycles. The number of fused-ring (bicyclic) bond motifs is 1. The van der Waals surface area contributed by atoms with Gasteiger partial charge in [0.2, 0.25) is 0 Å². The van der Waals surface area contributed by atoms with Gasteiger partial charge in [-0.3, -0.25) is 0 Å². The first-order chi connectivity index (χ1) is 6.72. The zero-order valence-electron chi connectivity index (χ0n) is 7.79. The molecule has 76 valence electrons. The molecule has 5 heteroatoms. The quantitative estimate of drug-likeness (QED) is 0.605. The van der Waals surface area contributed by atoms with Crippen LogP contribution in [-0.4, -0.2) is 15.1 Å². The smallest absolute Gasteiger partial charge is 0.197 e. The van der Waals surface area contributed by atoms with E-state index >= 15 is 0 Å². The van der Waals surface area contributed by atoms with E-state index in [0.29, 0.717) is 11.3 Å². The predicted molar refractivity (Wildman–Crippen MR) is 55.2 cm³/mol. The average Bonchev–Trinajstić information content (AvgIpc) is 2.16. The van der Waals surface area contributed by atoms with Crippen molar-refractivity contribution < 1.29 is 5.11 Å². The van der Waals surface area contributed by atoms with Gasteiger partial charge in [-0.1, -0.05) is 0 Å². The molecule has 1 aliphatic rings. The summed E-state index contributed by atoms with van der Waals surface area (Å²) < 4.78 is 0.457. The predicted octanol–water partition coefficient (Wildman–Crippen LogP) is 0.968. The van der Waals surface area contributed by atoms with Crippen molar-refractivity contribution in [3.63, 3.8) is 0 Å². The van der Waals surface area contributed by atoms with Crippen LogP contribution in [0.5, 0.6) is 0 Å². The fourth-order valence-electron chi connectivity index (χ4n) is 1.94. The Morgan fingerprint density at radius 2 is 2.43 bits per heavy atom. The van der Waals surface area contributed by atoms with E-state index < -0.39 is 6.10 Å². The molecular formula is C9H13N3OS. The van der Waals surface area contributed by atoms with Crippen LogP contribution < -0.4 is 5.73 Å². The molecular weight excluding hydrogens is 198 g/mol. The van der Waals surface area contributed by atoms with E-state index in [1.807, 2.05) is 0 Å². The summed E-state index contributed by atoms with van der Waals surface area (Å²) in [5.41, 5.74) is 8.18. The van der Waals surface area contributed by atoms with Gasteiger partial charge in [0.25, 0.3) is 0 Å². The van der Waals surface area contributed by atoms with Crippen molar-refractivity contribution in [1.29, 1.82) is 0 Å². The van der Waals surface area contributed by atoms with E-state index in [1.54, 1.807) is 0 Å². The maximum absolute atomic E-state index is 9.81. The standard InChI is InChI=1S/C9H13N3OS/c10-4-6-8-5(11-9(14)12-6)2-1-3-7(8)13/h7,13H,1-4,10H2,(H,11,12,14). The first-order valence-electron chi connectivity index (χ1n) is 4.72. The summed E-state index contributed by atoms with van der Waals surface area (Å²) in [4.78, 5) is 7.15. The second-order valence-corrected chi connectivity index (χ2v) is 3.88. The van der Waals surface area contributed by atoms with E-state index in [-0.39, 0.29) is 0 Å². The number of aromatic nitrogens is 2. The molecule has 1 heterocycles. The second-order valence-electron chi connectivity index (χ2n) is 3.49. The Morgan fingerprint density at radius 3 is 3.14 bits per heavy atom. The number of nitrogens with zero attached hydrogens (tertiary/aromatic N) is 1. The lowest BCUT2D eigenvalue weighted by Crippen LogP contribution is -2.17. The van der Waals surface area contributed by atoms with Crippen LogP contribution in [0.25, 0.3) is 0 Å². The van der Waals surface area contributed by atoms with E-state index in [1.165, 1.54) is 0 Å². The lowest BCUT2D eigenvalue weighted by Gasteiger charge is -2.22. The minimum absolute atomic E-state index is 0.331. The van der Waals surface area contributed by atoms with E-state index in [2.05, 4.69) is 9.97 Å². The van der Waals surface area contributed by atoms with Gasteiger partial charge in [-0.05, 0) is 31.5 Å². The zero-order valence-corrected chi connectivity index (χ0v) is 8.60. The van der Waals surface area contributed by atoms with Crippen molar-refractivity contribution in [2.24, 2.45) is 5.73 Å². The highest BCUT2D eigenvalue weighted by atomic mass is 32.1. The number of rotatable bonds is 1. The molecule has 0 spiro atoms. The van der Waals surface area contributed by atoms with Gasteiger partial charge in [-0.25, -0.2) is 4.98 Å². The maximum atomic E-state index is 9.81. The third-order valence-corrected chi connectivity index (χ3v) is 2.75. The molecule has 0 aliphatic heterocycles. The normalized spacial score (nSPS) is 20.6. The number of nitrogens with two attached hydrogens (primary N) is 1. The molecule has 1 atom stereocenters. The Labute approximate surface area is 87.2 Å². The number of hydrogen-bond acceptors (Lipinski definition) is 4. The third-order valence-electron chi connectivity index (χ3n) is 2.56. The topological polar surface area (TPSA) is 74.9 Å². The fourth-order valence-corrected chi connectivity index (χ4v) is 2.18. The molecule has 1 unspecified atom stereocenters. The fraction of sp³-hybridized carbons (Fsp3) is 0.556. The van der Waals surface area contributed by atoms with Crippen LogP contribution in [0, 0.1) is 4.77 Å². The summed E-state index contributed by atoms with van der Waals surface area (Å²) in [6.45, 7) is 0.331. The number of aromatic amines is 1. The molecule has 0 amide bonds. The van der Waals surface area contributed by atoms with Crippen molar-refractivity contribution in [3.05, 3.63) is 21.7 Å². The molecule has 4 N–H and O–H groups in total. The molecule has 1 aromatic heterocycles. The first kappa shape index (κ1) is 9.76. The van der Waals surface area contributed by atoms with Crippen LogP contribution in [0.4, 0.5) is 0 Å². The third kappa shape index (κ3) is 1.58. The van der Waals surface area contributed by atoms with Crippen molar-refractivity contribution in [2.45, 2.75) is 31.9 Å². The summed E-state index contributed by atoms with van der Waals surface area (Å²) in [6.07, 6.45) is 2.25. The van der Waals surface area contributed by atoms with E-state index in [4.69, 9.17) is 18.0 Å². The molecule has 1 aliphatic carbocycles. The summed E-state index contributed by atoms with van der Waals surface area (Å²) in [5.74, 6) is 0. The van der Waals surface area contributed by atoms with Gasteiger partial charge < -0.3 is 15.8 Å². The number of nitrogens with one attached hydrogen (secondary N) is 1. The summed E-state index contributed by atoms with van der Waals surface area (Å²) in [7, 11) is 0. The maximum Gasteiger partial charge on any atom is 0.197 e. The van der Waals surface area contributed by atoms with Crippen molar-refractivity contribution >= 4 is 12.2 Å². The van der Waals surface area contributed by atoms with Crippen LogP contribution in [0.15, 0.2) is 0 Å². The highest BCUT2D eigenvalue weighted by Gasteiger charge is 2.22. The Kier molecular flexibility index (Phi) is 2.62. The van der Waals surface area contributed by atoms with Gasteiger partial charge in [-0.2, -0.15) is 0 Å². The Bertz CT molecular complexity index is 381. The SMILES string of the molecule is NCc1nc(=S)[nH]c2c1C(O)CCC2. The molecule has 4 nitrogen and oxygen atoms in total. The molecule has 0 radical (unpaired) electrons. The summed E-state index contributed by atoms with van der Waals surface area (Å²) in [6, 6.07) is 0. The van der Waals surface area contributed by atoms with Crippen LogP contribution in [-0.2, 0) is 13.0 Å². The summed E-state index contributed by atoms with van der Waals surface area (Å²) >= 11 is 4.99. The van der Waals surface area contributed by atoms with Gasteiger partial charge in [0.15, 0.2) is 4.77 Å². The zero-order chi connectivity index (χ0) is 10.1. The van der Waals surface area contributed by atoms with Crippen molar-refractivity contribution in [1.82, 2.24) is 9.97 Å². The van der Waals surface area contributed by atoms with E-state index in [0.717, 1.165) is 36.2 Å². The number of aliphatic hydroxyl groups is 1. The van der Waals surface area contributed by atoms with Crippen LogP contribution >= 0.6 is 12.2 Å². The molecule has 2 rings (SSSR count). The molecule has 14 heavy (non-hydrogen) atoms. The van der Waals surface area contributed by atoms with Crippen molar-refractivity contribution in [3.8, 4) is 0 Å². The van der Waals surface area contributed by atoms with Crippen molar-refractivity contribution in [2.75, 3.05) is 0 Å². The highest BCUT2D eigenvalue weighted by molar-refractivity contribution is 7.71. The number of aliphatic hydroxyl groups excluding tert-OH is 1. The van der Waals surface area contributed by atoms with Gasteiger partial charge in [-0.15, -0.1) is 0 Å². The Balaban J connectivity index is 2.61. The minimum atomic E-state index is -0.434. The Hall–Kier alpha value is -0.780. The van der Waals surface area contributed by atoms with Gasteiger partial charge >= 0.3 is 0 Å². The highest BCUT2D eigenvalue weighted by Crippen LogP contribution is 2.29. The molecule has 0 bridgehead atoms. The molecule has 0 saturated heterocycles. The Morgan fingerprint density at radius 1 is 1.64 bits per heavy atom. The van der Waals surface area contributed by atoms with Crippen LogP contribution in [0.3, 0.4) is 0 Å². The number of hydrogen-bond donors (Lipinski definition) is 3. The minimum Gasteiger partial charge on any atom is -0.388 e. The van der Waals surface area contributed by atoms with Crippen LogP contribution in [0.2, 0.25) is 0 Å².